The van der Waals surface area contributed by atoms with Gasteiger partial charge in [-0.2, -0.15) is 10.1 Å². The summed E-state index contributed by atoms with van der Waals surface area (Å²) in [6.07, 6.45) is 5.36. The average Bonchev–Trinajstić information content (AvgIpc) is 4.07. The zero-order valence-electron chi connectivity index (χ0n) is 34.4. The van der Waals surface area contributed by atoms with Crippen molar-refractivity contribution in [2.45, 2.75) is 56.4 Å². The van der Waals surface area contributed by atoms with Crippen LogP contribution >= 0.6 is 11.6 Å². The second kappa shape index (κ2) is 15.6. The first-order chi connectivity index (χ1) is 29.8. The van der Waals surface area contributed by atoms with Crippen LogP contribution in [0, 0.1) is 17.7 Å². The Balaban J connectivity index is 0.775. The average molecular weight is 874 g/mol. The largest absolute Gasteiger partial charge is 0.480 e. The molecular formula is C43H47ClF3N11O4. The molecule has 2 amide bonds. The van der Waals surface area contributed by atoms with Crippen LogP contribution in [0.5, 0.6) is 5.75 Å². The minimum absolute atomic E-state index is 0.000858. The number of halogens is 4. The Morgan fingerprint density at radius 3 is 2.47 bits per heavy atom. The van der Waals surface area contributed by atoms with Crippen LogP contribution in [0.3, 0.4) is 0 Å². The summed E-state index contributed by atoms with van der Waals surface area (Å²) in [7, 11) is 3.34. The number of piperidine rings is 2. The number of anilines is 5. The lowest BCUT2D eigenvalue weighted by molar-refractivity contribution is -0.134. The first-order valence-corrected chi connectivity index (χ1v) is 21.6. The predicted molar refractivity (Wildman–Crippen MR) is 229 cm³/mol. The lowest BCUT2D eigenvalue weighted by Crippen LogP contribution is -2.49. The fourth-order valence-electron chi connectivity index (χ4n) is 9.62. The molecule has 1 saturated carbocycles. The number of aryl methyl sites for hydroxylation is 2. The van der Waals surface area contributed by atoms with Crippen LogP contribution in [0.25, 0.3) is 21.8 Å². The molecule has 3 saturated heterocycles. The molecule has 2 aromatic carbocycles. The van der Waals surface area contributed by atoms with Crippen LogP contribution in [-0.2, 0) is 23.7 Å². The number of carbonyl (C=O) groups excluding carboxylic acids is 2. The summed E-state index contributed by atoms with van der Waals surface area (Å²) in [5.74, 6) is -4.49. The van der Waals surface area contributed by atoms with E-state index < -0.39 is 35.9 Å². The SMILES string of the molecule is Cn1nc(C2CCC(=O)NC2=O)c2ccc(N3CCN(CC4CCN(c5ncc(Cl)c(Nc6ccc7c(c6F)c6c(c(=O)n7C)OCC(F)(F)C(C7CC7)N6)n5)CC4)CC3)cc21. The highest BCUT2D eigenvalue weighted by molar-refractivity contribution is 6.33. The van der Waals surface area contributed by atoms with Gasteiger partial charge in [-0.25, -0.2) is 18.2 Å². The van der Waals surface area contributed by atoms with Gasteiger partial charge in [0.1, 0.15) is 5.02 Å². The number of imide groups is 1. The fraction of sp³-hybridized carbons (Fsp3) is 0.488. The predicted octanol–water partition coefficient (Wildman–Crippen LogP) is 5.53. The third-order valence-electron chi connectivity index (χ3n) is 13.3. The monoisotopic (exact) mass is 873 g/mol. The summed E-state index contributed by atoms with van der Waals surface area (Å²) in [5, 5.41) is 14.1. The Kier molecular flexibility index (Phi) is 10.2. The second-order valence-corrected chi connectivity index (χ2v) is 17.7. The number of pyridine rings is 1. The van der Waals surface area contributed by atoms with Crippen LogP contribution in [0.2, 0.25) is 5.02 Å². The molecule has 0 radical (unpaired) electrons. The molecule has 2 unspecified atom stereocenters. The van der Waals surface area contributed by atoms with Gasteiger partial charge in [0.05, 0.1) is 51.6 Å². The van der Waals surface area contributed by atoms with Crippen LogP contribution in [0.4, 0.5) is 42.0 Å². The van der Waals surface area contributed by atoms with Crippen LogP contribution in [-0.4, -0.2) is 105 Å². The molecule has 4 fully saturated rings. The first-order valence-electron chi connectivity index (χ1n) is 21.3. The summed E-state index contributed by atoms with van der Waals surface area (Å²) in [6.45, 7) is 5.12. The minimum atomic E-state index is -3.26. The molecular weight excluding hydrogens is 827 g/mol. The number of hydrogen-bond donors (Lipinski definition) is 3. The maximum absolute atomic E-state index is 16.6. The number of nitrogens with one attached hydrogen (secondary N) is 3. The van der Waals surface area contributed by atoms with Gasteiger partial charge in [0.25, 0.3) is 5.56 Å². The molecule has 326 valence electrons. The molecule has 1 aliphatic carbocycles. The van der Waals surface area contributed by atoms with E-state index in [0.717, 1.165) is 75.2 Å². The van der Waals surface area contributed by atoms with Gasteiger partial charge >= 0.3 is 5.92 Å². The molecule has 0 spiro atoms. The zero-order valence-corrected chi connectivity index (χ0v) is 35.2. The van der Waals surface area contributed by atoms with Gasteiger partial charge in [0, 0.05) is 77.4 Å². The highest BCUT2D eigenvalue weighted by Gasteiger charge is 2.51. The topological polar surface area (TPSA) is 155 Å². The number of ether oxygens (including phenoxy) is 1. The molecule has 4 aliphatic heterocycles. The smallest absolute Gasteiger partial charge is 0.301 e. The third-order valence-corrected chi connectivity index (χ3v) is 13.6. The Labute approximate surface area is 359 Å². The van der Waals surface area contributed by atoms with Gasteiger partial charge in [0.2, 0.25) is 23.5 Å². The molecule has 3 N–H and O–H groups in total. The molecule has 5 aromatic rings. The van der Waals surface area contributed by atoms with E-state index >= 15 is 13.2 Å². The summed E-state index contributed by atoms with van der Waals surface area (Å²) in [5.41, 5.74) is 2.29. The maximum atomic E-state index is 16.6. The van der Waals surface area contributed by atoms with Crippen molar-refractivity contribution in [3.63, 3.8) is 0 Å². The molecule has 3 aromatic heterocycles. The van der Waals surface area contributed by atoms with E-state index in [-0.39, 0.29) is 56.6 Å². The van der Waals surface area contributed by atoms with Crippen molar-refractivity contribution in [2.24, 2.45) is 25.9 Å². The van der Waals surface area contributed by atoms with E-state index in [2.05, 4.69) is 47.8 Å². The summed E-state index contributed by atoms with van der Waals surface area (Å²) in [6, 6.07) is 8.02. The Morgan fingerprint density at radius 2 is 1.73 bits per heavy atom. The van der Waals surface area contributed by atoms with Gasteiger partial charge < -0.3 is 29.7 Å². The molecule has 10 rings (SSSR count). The van der Waals surface area contributed by atoms with Crippen molar-refractivity contribution in [1.29, 1.82) is 0 Å². The molecule has 15 nitrogen and oxygen atoms in total. The minimum Gasteiger partial charge on any atom is -0.480 e. The van der Waals surface area contributed by atoms with E-state index in [4.69, 9.17) is 26.4 Å². The van der Waals surface area contributed by atoms with Gasteiger partial charge in [0.15, 0.2) is 18.2 Å². The number of nitrogens with zero attached hydrogens (tertiary/aromatic N) is 8. The molecule has 2 atom stereocenters. The number of aromatic nitrogens is 5. The van der Waals surface area contributed by atoms with Crippen LogP contribution in [0.15, 0.2) is 41.3 Å². The standard InChI is InChI=1S/C43H47ClF3N11O4/c1-54-30-9-8-29(34(45)33(30)36-37(41(54)61)62-22-43(46,47)38(51-36)24-3-4-24)49-39-28(44)20-48-42(52-39)58-13-11-23(12-14-58)21-56-15-17-57(18-16-56)25-5-6-26-31(19-25)55(2)53-35(26)27-7-10-32(59)50-40(27)60/h5-6,8-9,19-20,23-24,27,38,51H,3-4,7,10-18,21-22H2,1-2H3,(H,48,49,52)(H,50,59,60). The van der Waals surface area contributed by atoms with Crippen molar-refractivity contribution < 1.29 is 27.5 Å². The number of amides is 2. The third kappa shape index (κ3) is 7.33. The van der Waals surface area contributed by atoms with Gasteiger partial charge in [-0.3, -0.25) is 29.3 Å². The normalized spacial score (nSPS) is 22.3. The number of piperazine rings is 1. The highest BCUT2D eigenvalue weighted by Crippen LogP contribution is 2.46. The zero-order chi connectivity index (χ0) is 43.0. The first kappa shape index (κ1) is 40.5. The highest BCUT2D eigenvalue weighted by atomic mass is 35.5. The summed E-state index contributed by atoms with van der Waals surface area (Å²) >= 11 is 6.56. The molecule has 7 heterocycles. The van der Waals surface area contributed by atoms with Crippen molar-refractivity contribution in [2.75, 3.05) is 72.9 Å². The van der Waals surface area contributed by atoms with Gasteiger partial charge in [-0.1, -0.05) is 11.6 Å². The molecule has 19 heteroatoms. The Bertz CT molecular complexity index is 2670. The van der Waals surface area contributed by atoms with Gasteiger partial charge in [-0.05, 0) is 74.3 Å². The molecule has 5 aliphatic rings. The lowest BCUT2D eigenvalue weighted by Gasteiger charge is -2.39. The lowest BCUT2D eigenvalue weighted by atomic mass is 9.93. The number of hydrogen-bond acceptors (Lipinski definition) is 12. The van der Waals surface area contributed by atoms with E-state index in [0.29, 0.717) is 43.2 Å². The van der Waals surface area contributed by atoms with Crippen LogP contribution < -0.4 is 36.0 Å². The van der Waals surface area contributed by atoms with Crippen molar-refractivity contribution in [3.8, 4) is 5.75 Å². The van der Waals surface area contributed by atoms with Gasteiger partial charge in [-0.15, -0.1) is 0 Å². The fourth-order valence-corrected chi connectivity index (χ4v) is 9.76. The van der Waals surface area contributed by atoms with E-state index in [1.165, 1.54) is 23.9 Å². The summed E-state index contributed by atoms with van der Waals surface area (Å²) in [4.78, 5) is 53.7. The number of alkyl halides is 2. The molecule has 0 bridgehead atoms. The number of fused-ring (bicyclic) bond motifs is 4. The van der Waals surface area contributed by atoms with Crippen molar-refractivity contribution >= 4 is 74.0 Å². The van der Waals surface area contributed by atoms with Crippen molar-refractivity contribution in [3.05, 3.63) is 63.4 Å². The quantitative estimate of drug-likeness (QED) is 0.168. The van der Waals surface area contributed by atoms with Crippen LogP contribution in [0.1, 0.15) is 50.1 Å². The van der Waals surface area contributed by atoms with E-state index in [9.17, 15) is 14.4 Å². The Morgan fingerprint density at radius 1 is 0.952 bits per heavy atom. The van der Waals surface area contributed by atoms with E-state index in [1.807, 2.05) is 17.8 Å². The molecule has 62 heavy (non-hydrogen) atoms. The Hall–Kier alpha value is -5.62. The maximum Gasteiger partial charge on any atom is 0.301 e. The second-order valence-electron chi connectivity index (χ2n) is 17.3. The number of rotatable bonds is 8. The van der Waals surface area contributed by atoms with Crippen molar-refractivity contribution in [1.82, 2.24) is 34.5 Å². The van der Waals surface area contributed by atoms with E-state index in [1.54, 1.807) is 6.07 Å². The summed E-state index contributed by atoms with van der Waals surface area (Å²) < 4.78 is 55.4. The number of carbonyl (C=O) groups is 2. The number of benzene rings is 2.